The Bertz CT molecular complexity index is 480. The van der Waals surface area contributed by atoms with Crippen LogP contribution in [0.4, 0.5) is 0 Å². The Hall–Kier alpha value is -0.700. The van der Waals surface area contributed by atoms with Crippen LogP contribution >= 0.6 is 0 Å². The highest BCUT2D eigenvalue weighted by atomic mass is 32.2. The van der Waals surface area contributed by atoms with Gasteiger partial charge < -0.3 is 9.64 Å². The summed E-state index contributed by atoms with van der Waals surface area (Å²) in [6.07, 6.45) is 0. The van der Waals surface area contributed by atoms with Gasteiger partial charge in [-0.2, -0.15) is 0 Å². The first-order chi connectivity index (χ1) is 9.84. The van der Waals surface area contributed by atoms with Crippen LogP contribution in [0, 0.1) is 0 Å². The van der Waals surface area contributed by atoms with Crippen molar-refractivity contribution in [1.29, 1.82) is 0 Å². The number of rotatable bonds is 5. The second-order valence-corrected chi connectivity index (χ2v) is 8.15. The molecule has 21 heavy (non-hydrogen) atoms. The molecule has 0 bridgehead atoms. The van der Waals surface area contributed by atoms with Crippen molar-refractivity contribution in [1.82, 2.24) is 14.7 Å². The highest BCUT2D eigenvalue weighted by Crippen LogP contribution is 2.26. The van der Waals surface area contributed by atoms with E-state index < -0.39 is 9.84 Å². The Morgan fingerprint density at radius 2 is 1.76 bits per heavy atom. The van der Waals surface area contributed by atoms with Crippen molar-refractivity contribution in [3.8, 4) is 0 Å². The highest BCUT2D eigenvalue weighted by molar-refractivity contribution is 7.91. The summed E-state index contributed by atoms with van der Waals surface area (Å²) in [5.74, 6) is 0.360. The Morgan fingerprint density at radius 1 is 1.19 bits per heavy atom. The van der Waals surface area contributed by atoms with Crippen molar-refractivity contribution in [2.75, 3.05) is 65.5 Å². The first kappa shape index (κ1) is 16.7. The molecule has 2 rings (SSSR count). The molecule has 0 aliphatic carbocycles. The fourth-order valence-corrected chi connectivity index (χ4v) is 5.14. The second kappa shape index (κ2) is 6.60. The molecule has 122 valence electrons. The molecule has 0 aromatic carbocycles. The van der Waals surface area contributed by atoms with E-state index in [-0.39, 0.29) is 29.5 Å². The van der Waals surface area contributed by atoms with Gasteiger partial charge in [-0.1, -0.05) is 0 Å². The van der Waals surface area contributed by atoms with Crippen LogP contribution in [0.5, 0.6) is 0 Å². The molecule has 2 saturated heterocycles. The van der Waals surface area contributed by atoms with Crippen molar-refractivity contribution in [2.45, 2.75) is 12.1 Å². The van der Waals surface area contributed by atoms with Crippen molar-refractivity contribution in [3.63, 3.8) is 0 Å². The van der Waals surface area contributed by atoms with Gasteiger partial charge in [0.2, 0.25) is 5.91 Å². The molecule has 0 unspecified atom stereocenters. The average molecular weight is 319 g/mol. The minimum Gasteiger partial charge on any atom is -0.383 e. The normalized spacial score (nSPS) is 29.3. The lowest BCUT2D eigenvalue weighted by Gasteiger charge is -2.43. The van der Waals surface area contributed by atoms with Crippen LogP contribution in [-0.4, -0.2) is 107 Å². The number of hydrogen-bond donors (Lipinski definition) is 0. The monoisotopic (exact) mass is 319 g/mol. The maximum Gasteiger partial charge on any atom is 0.236 e. The Balaban J connectivity index is 2.09. The van der Waals surface area contributed by atoms with Crippen molar-refractivity contribution in [3.05, 3.63) is 0 Å². The molecular formula is C13H25N3O4S. The van der Waals surface area contributed by atoms with Crippen LogP contribution < -0.4 is 0 Å². The second-order valence-electron chi connectivity index (χ2n) is 6.00. The molecule has 2 heterocycles. The van der Waals surface area contributed by atoms with E-state index in [0.29, 0.717) is 13.2 Å². The fourth-order valence-electron chi connectivity index (χ4n) is 3.09. The molecule has 0 radical (unpaired) electrons. The SMILES string of the molecule is COCCN1CCN(CC(=O)N(C)C)[C@@H]2CS(=O)(=O)C[C@@H]21. The third-order valence-corrected chi connectivity index (χ3v) is 6.02. The molecule has 2 aliphatic heterocycles. The third kappa shape index (κ3) is 3.94. The van der Waals surface area contributed by atoms with Gasteiger partial charge in [-0.15, -0.1) is 0 Å². The topological polar surface area (TPSA) is 70.2 Å². The molecule has 2 aliphatic rings. The fraction of sp³-hybridized carbons (Fsp3) is 0.923. The smallest absolute Gasteiger partial charge is 0.236 e. The van der Waals surface area contributed by atoms with Gasteiger partial charge in [-0.05, 0) is 0 Å². The van der Waals surface area contributed by atoms with Crippen molar-refractivity contribution < 1.29 is 17.9 Å². The molecule has 0 spiro atoms. The van der Waals surface area contributed by atoms with E-state index in [1.54, 1.807) is 26.1 Å². The quantitative estimate of drug-likeness (QED) is 0.615. The van der Waals surface area contributed by atoms with Crippen LogP contribution in [0.1, 0.15) is 0 Å². The van der Waals surface area contributed by atoms with E-state index in [0.717, 1.165) is 19.6 Å². The zero-order valence-electron chi connectivity index (χ0n) is 13.0. The van der Waals surface area contributed by atoms with Crippen LogP contribution in [0.15, 0.2) is 0 Å². The van der Waals surface area contributed by atoms with E-state index in [4.69, 9.17) is 4.74 Å². The minimum absolute atomic E-state index is 0.0170. The molecule has 1 amide bonds. The van der Waals surface area contributed by atoms with Gasteiger partial charge in [-0.3, -0.25) is 14.6 Å². The number of hydrogen-bond acceptors (Lipinski definition) is 6. The van der Waals surface area contributed by atoms with E-state index in [1.165, 1.54) is 0 Å². The number of ether oxygens (including phenoxy) is 1. The molecule has 0 aromatic heterocycles. The molecular weight excluding hydrogens is 294 g/mol. The Kier molecular flexibility index (Phi) is 5.24. The number of piperazine rings is 1. The summed E-state index contributed by atoms with van der Waals surface area (Å²) in [4.78, 5) is 17.7. The number of carbonyl (C=O) groups excluding carboxylic acids is 1. The van der Waals surface area contributed by atoms with E-state index >= 15 is 0 Å². The number of methoxy groups -OCH3 is 1. The number of amides is 1. The van der Waals surface area contributed by atoms with Gasteiger partial charge in [0.05, 0.1) is 24.7 Å². The van der Waals surface area contributed by atoms with Gasteiger partial charge in [0.1, 0.15) is 0 Å². The maximum atomic E-state index is 12.0. The van der Waals surface area contributed by atoms with Gasteiger partial charge in [0.15, 0.2) is 9.84 Å². The average Bonchev–Trinajstić information content (AvgIpc) is 2.73. The number of sulfone groups is 1. The van der Waals surface area contributed by atoms with Crippen molar-refractivity contribution >= 4 is 15.7 Å². The van der Waals surface area contributed by atoms with Crippen LogP contribution in [0.3, 0.4) is 0 Å². The first-order valence-electron chi connectivity index (χ1n) is 7.21. The maximum absolute atomic E-state index is 12.0. The lowest BCUT2D eigenvalue weighted by Crippen LogP contribution is -2.60. The minimum atomic E-state index is -3.02. The van der Waals surface area contributed by atoms with Gasteiger partial charge in [0.25, 0.3) is 0 Å². The van der Waals surface area contributed by atoms with Gasteiger partial charge in [0, 0.05) is 52.9 Å². The highest BCUT2D eigenvalue weighted by Gasteiger charge is 2.46. The Labute approximate surface area is 126 Å². The van der Waals surface area contributed by atoms with Crippen LogP contribution in [0.25, 0.3) is 0 Å². The third-order valence-electron chi connectivity index (χ3n) is 4.33. The Morgan fingerprint density at radius 3 is 2.33 bits per heavy atom. The number of fused-ring (bicyclic) bond motifs is 1. The number of likely N-dealkylation sites (N-methyl/N-ethyl adjacent to an activating group) is 1. The molecule has 2 atom stereocenters. The van der Waals surface area contributed by atoms with Crippen LogP contribution in [-0.2, 0) is 19.4 Å². The molecule has 0 saturated carbocycles. The van der Waals surface area contributed by atoms with E-state index in [9.17, 15) is 13.2 Å². The van der Waals surface area contributed by atoms with Crippen LogP contribution in [0.2, 0.25) is 0 Å². The molecule has 7 nitrogen and oxygen atoms in total. The largest absolute Gasteiger partial charge is 0.383 e. The standard InChI is InChI=1S/C13H25N3O4S/c1-14(2)13(17)8-16-5-4-15(6-7-20-3)11-9-21(18,19)10-12(11)16/h11-12H,4-10H2,1-3H3/t11-,12+/m0/s1. The summed E-state index contributed by atoms with van der Waals surface area (Å²) >= 11 is 0. The summed E-state index contributed by atoms with van der Waals surface area (Å²) in [6.45, 7) is 3.13. The predicted octanol–water partition coefficient (Wildman–Crippen LogP) is -1.50. The summed E-state index contributed by atoms with van der Waals surface area (Å²) in [6, 6.07) is -0.0987. The zero-order chi connectivity index (χ0) is 15.6. The lowest BCUT2D eigenvalue weighted by atomic mass is 10.0. The summed E-state index contributed by atoms with van der Waals surface area (Å²) in [5.41, 5.74) is 0. The lowest BCUT2D eigenvalue weighted by molar-refractivity contribution is -0.131. The summed E-state index contributed by atoms with van der Waals surface area (Å²) in [5, 5.41) is 0. The zero-order valence-corrected chi connectivity index (χ0v) is 13.8. The van der Waals surface area contributed by atoms with E-state index in [2.05, 4.69) is 4.90 Å². The first-order valence-corrected chi connectivity index (χ1v) is 9.04. The molecule has 2 fully saturated rings. The molecule has 8 heteroatoms. The summed E-state index contributed by atoms with van der Waals surface area (Å²) in [7, 11) is 2.07. The van der Waals surface area contributed by atoms with Crippen molar-refractivity contribution in [2.24, 2.45) is 0 Å². The summed E-state index contributed by atoms with van der Waals surface area (Å²) < 4.78 is 29.1. The van der Waals surface area contributed by atoms with E-state index in [1.807, 2.05) is 4.90 Å². The van der Waals surface area contributed by atoms with Gasteiger partial charge >= 0.3 is 0 Å². The number of carbonyl (C=O) groups is 1. The molecule has 0 N–H and O–H groups in total. The van der Waals surface area contributed by atoms with Gasteiger partial charge in [-0.25, -0.2) is 8.42 Å². The predicted molar refractivity (Wildman–Crippen MR) is 79.9 cm³/mol. The number of nitrogens with zero attached hydrogens (tertiary/aromatic N) is 3. The molecule has 0 aromatic rings.